The van der Waals surface area contributed by atoms with Crippen LogP contribution in [0.5, 0.6) is 0 Å². The van der Waals surface area contributed by atoms with Crippen molar-refractivity contribution in [2.75, 3.05) is 6.61 Å². The average Bonchev–Trinajstić information content (AvgIpc) is 2.67. The Kier molecular flexibility index (Phi) is 4.37. The lowest BCUT2D eigenvalue weighted by molar-refractivity contribution is -0.116. The zero-order valence-corrected chi connectivity index (χ0v) is 12.8. The molecule has 2 atom stereocenters. The normalized spacial score (nSPS) is 27.6. The lowest BCUT2D eigenvalue weighted by Gasteiger charge is -2.40. The molecule has 2 heterocycles. The van der Waals surface area contributed by atoms with Crippen molar-refractivity contribution < 1.29 is 9.84 Å². The molecular formula is C14H21ClO2S. The van der Waals surface area contributed by atoms with Gasteiger partial charge in [-0.25, -0.2) is 0 Å². The summed E-state index contributed by atoms with van der Waals surface area (Å²) in [6.45, 7) is 6.97. The van der Waals surface area contributed by atoms with E-state index in [4.69, 9.17) is 16.3 Å². The van der Waals surface area contributed by atoms with E-state index in [-0.39, 0.29) is 5.60 Å². The summed E-state index contributed by atoms with van der Waals surface area (Å²) >= 11 is 7.70. The van der Waals surface area contributed by atoms with Gasteiger partial charge in [-0.05, 0) is 24.8 Å². The third-order valence-electron chi connectivity index (χ3n) is 3.41. The highest BCUT2D eigenvalue weighted by Gasteiger charge is 2.42. The summed E-state index contributed by atoms with van der Waals surface area (Å²) in [7, 11) is 0. The van der Waals surface area contributed by atoms with Gasteiger partial charge in [0.2, 0.25) is 0 Å². The van der Waals surface area contributed by atoms with Crippen molar-refractivity contribution >= 4 is 22.9 Å². The summed E-state index contributed by atoms with van der Waals surface area (Å²) in [5, 5.41) is 10.0. The number of halogens is 1. The van der Waals surface area contributed by atoms with Crippen LogP contribution in [0.1, 0.15) is 56.6 Å². The Morgan fingerprint density at radius 1 is 1.61 bits per heavy atom. The first-order valence-electron chi connectivity index (χ1n) is 6.60. The molecule has 2 unspecified atom stereocenters. The molecule has 4 heteroatoms. The third-order valence-corrected chi connectivity index (χ3v) is 4.88. The molecule has 18 heavy (non-hydrogen) atoms. The Morgan fingerprint density at radius 2 is 2.33 bits per heavy atom. The second-order valence-corrected chi connectivity index (χ2v) is 7.19. The highest BCUT2D eigenvalue weighted by Crippen LogP contribution is 2.49. The minimum Gasteiger partial charge on any atom is -0.386 e. The number of aliphatic hydroxyl groups is 1. The van der Waals surface area contributed by atoms with Crippen molar-refractivity contribution in [1.82, 2.24) is 0 Å². The van der Waals surface area contributed by atoms with Crippen molar-refractivity contribution in [3.63, 3.8) is 0 Å². The summed E-state index contributed by atoms with van der Waals surface area (Å²) in [6, 6.07) is 1.90. The van der Waals surface area contributed by atoms with Crippen LogP contribution in [0.3, 0.4) is 0 Å². The Morgan fingerprint density at radius 3 is 2.94 bits per heavy atom. The van der Waals surface area contributed by atoms with Gasteiger partial charge in [0.25, 0.3) is 0 Å². The van der Waals surface area contributed by atoms with E-state index in [1.54, 1.807) is 11.3 Å². The summed E-state index contributed by atoms with van der Waals surface area (Å²) < 4.78 is 6.81. The monoisotopic (exact) mass is 288 g/mol. The van der Waals surface area contributed by atoms with Gasteiger partial charge >= 0.3 is 0 Å². The van der Waals surface area contributed by atoms with Crippen LogP contribution < -0.4 is 0 Å². The zero-order valence-electron chi connectivity index (χ0n) is 11.2. The van der Waals surface area contributed by atoms with Crippen LogP contribution in [-0.2, 0) is 10.3 Å². The predicted molar refractivity (Wildman–Crippen MR) is 76.3 cm³/mol. The average molecular weight is 289 g/mol. The molecule has 0 aliphatic carbocycles. The van der Waals surface area contributed by atoms with Crippen molar-refractivity contribution in [1.29, 1.82) is 0 Å². The zero-order chi connectivity index (χ0) is 13.3. The van der Waals surface area contributed by atoms with Gasteiger partial charge in [-0.3, -0.25) is 0 Å². The number of fused-ring (bicyclic) bond motifs is 1. The molecular weight excluding hydrogens is 268 g/mol. The van der Waals surface area contributed by atoms with E-state index in [2.05, 4.69) is 20.8 Å². The van der Waals surface area contributed by atoms with Crippen LogP contribution in [0.15, 0.2) is 6.07 Å². The number of thiophene rings is 1. The number of hydrogen-bond donors (Lipinski definition) is 1. The largest absolute Gasteiger partial charge is 0.386 e. The molecule has 0 bridgehead atoms. The minimum atomic E-state index is -0.527. The molecule has 102 valence electrons. The van der Waals surface area contributed by atoms with Crippen molar-refractivity contribution in [2.45, 2.75) is 51.7 Å². The Bertz CT molecular complexity index is 416. The standard InChI is InChI=1S/C14H21ClO2S/c1-4-5-14(7-9(2)3)13-10(6-12(15)18-13)11(16)8-17-14/h6,9,11,16H,4-5,7-8H2,1-3H3. The molecule has 0 spiro atoms. The van der Waals surface area contributed by atoms with Crippen molar-refractivity contribution in [2.24, 2.45) is 5.92 Å². The fourth-order valence-electron chi connectivity index (χ4n) is 2.87. The Balaban J connectivity index is 2.44. The number of ether oxygens (including phenoxy) is 1. The van der Waals surface area contributed by atoms with E-state index in [0.717, 1.165) is 34.0 Å². The highest BCUT2D eigenvalue weighted by atomic mass is 35.5. The van der Waals surface area contributed by atoms with Gasteiger partial charge in [0.1, 0.15) is 11.7 Å². The summed E-state index contributed by atoms with van der Waals surface area (Å²) in [5.41, 5.74) is 0.736. The van der Waals surface area contributed by atoms with Crippen molar-refractivity contribution in [3.05, 3.63) is 20.8 Å². The number of hydrogen-bond acceptors (Lipinski definition) is 3. The summed E-state index contributed by atoms with van der Waals surface area (Å²) in [4.78, 5) is 1.14. The second kappa shape index (κ2) is 5.49. The van der Waals surface area contributed by atoms with Gasteiger partial charge in [0, 0.05) is 10.4 Å². The molecule has 1 aromatic heterocycles. The molecule has 1 aromatic rings. The SMILES string of the molecule is CCCC1(CC(C)C)OCC(O)c2cc(Cl)sc21. The smallest absolute Gasteiger partial charge is 0.104 e. The maximum Gasteiger partial charge on any atom is 0.104 e. The molecule has 0 aromatic carbocycles. The minimum absolute atomic E-state index is 0.241. The molecule has 0 amide bonds. The lowest BCUT2D eigenvalue weighted by Crippen LogP contribution is -2.37. The number of rotatable bonds is 4. The van der Waals surface area contributed by atoms with Gasteiger partial charge < -0.3 is 9.84 Å². The first-order chi connectivity index (χ1) is 8.48. The molecule has 1 N–H and O–H groups in total. The van der Waals surface area contributed by atoms with E-state index in [1.807, 2.05) is 6.07 Å². The molecule has 2 nitrogen and oxygen atoms in total. The van der Waals surface area contributed by atoms with Crippen LogP contribution in [-0.4, -0.2) is 11.7 Å². The lowest BCUT2D eigenvalue weighted by atomic mass is 9.82. The van der Waals surface area contributed by atoms with Gasteiger partial charge in [-0.1, -0.05) is 38.8 Å². The summed E-state index contributed by atoms with van der Waals surface area (Å²) in [6.07, 6.45) is 2.51. The van der Waals surface area contributed by atoms with Gasteiger partial charge in [-0.15, -0.1) is 11.3 Å². The molecule has 0 saturated heterocycles. The third kappa shape index (κ3) is 2.60. The fraction of sp³-hybridized carbons (Fsp3) is 0.714. The first-order valence-corrected chi connectivity index (χ1v) is 7.79. The maximum atomic E-state index is 10.0. The van der Waals surface area contributed by atoms with Crippen LogP contribution in [0.2, 0.25) is 4.34 Å². The quantitative estimate of drug-likeness (QED) is 0.883. The van der Waals surface area contributed by atoms with E-state index in [1.165, 1.54) is 0 Å². The van der Waals surface area contributed by atoms with E-state index >= 15 is 0 Å². The van der Waals surface area contributed by atoms with Crippen LogP contribution in [0.4, 0.5) is 0 Å². The maximum absolute atomic E-state index is 10.0. The van der Waals surface area contributed by atoms with Gasteiger partial charge in [0.15, 0.2) is 0 Å². The van der Waals surface area contributed by atoms with E-state index in [9.17, 15) is 5.11 Å². The Hall–Kier alpha value is -0.0900. The van der Waals surface area contributed by atoms with Gasteiger partial charge in [0.05, 0.1) is 10.9 Å². The fourth-order valence-corrected chi connectivity index (χ4v) is 4.35. The molecule has 1 aliphatic rings. The van der Waals surface area contributed by atoms with Crippen LogP contribution in [0, 0.1) is 5.92 Å². The second-order valence-electron chi connectivity index (χ2n) is 5.50. The molecule has 2 rings (SSSR count). The van der Waals surface area contributed by atoms with Gasteiger partial charge in [-0.2, -0.15) is 0 Å². The van der Waals surface area contributed by atoms with Crippen LogP contribution in [0.25, 0.3) is 0 Å². The summed E-state index contributed by atoms with van der Waals surface area (Å²) in [5.74, 6) is 0.556. The molecule has 1 aliphatic heterocycles. The van der Waals surface area contributed by atoms with E-state index in [0.29, 0.717) is 12.5 Å². The topological polar surface area (TPSA) is 29.5 Å². The number of aliphatic hydroxyl groups excluding tert-OH is 1. The molecule has 0 radical (unpaired) electrons. The predicted octanol–water partition coefficient (Wildman–Crippen LogP) is 4.51. The van der Waals surface area contributed by atoms with Crippen LogP contribution >= 0.6 is 22.9 Å². The highest BCUT2D eigenvalue weighted by molar-refractivity contribution is 7.16. The molecule has 0 fully saturated rings. The Labute approximate surface area is 118 Å². The first kappa shape index (κ1) is 14.3. The van der Waals surface area contributed by atoms with Crippen molar-refractivity contribution in [3.8, 4) is 0 Å². The van der Waals surface area contributed by atoms with E-state index < -0.39 is 6.10 Å². The molecule has 0 saturated carbocycles.